The van der Waals surface area contributed by atoms with Gasteiger partial charge in [0.15, 0.2) is 11.6 Å². The van der Waals surface area contributed by atoms with E-state index >= 15 is 0 Å². The zero-order valence-electron chi connectivity index (χ0n) is 16.2. The van der Waals surface area contributed by atoms with Gasteiger partial charge >= 0.3 is 6.03 Å². The third kappa shape index (κ3) is 3.32. The Labute approximate surface area is 173 Å². The standard InChI is InChI=1S/C22H21N7O/c23-21(30)27-22(10-11-22)20-26-19(25-14-16-8-4-5-12-24-16)18-17(9-13-29(18)28-20)15-6-2-1-3-7-15/h1-9,12-13H,10-11,14H2,(H3,23,27,30)(H,25,26,28). The van der Waals surface area contributed by atoms with Gasteiger partial charge in [0.05, 0.1) is 12.2 Å². The zero-order chi connectivity index (χ0) is 20.6. The van der Waals surface area contributed by atoms with Crippen LogP contribution in [0.25, 0.3) is 16.6 Å². The Kier molecular flexibility index (Phi) is 4.31. The van der Waals surface area contributed by atoms with Crippen molar-refractivity contribution in [2.75, 3.05) is 5.32 Å². The minimum atomic E-state index is -0.599. The van der Waals surface area contributed by atoms with Crippen LogP contribution in [-0.4, -0.2) is 25.6 Å². The van der Waals surface area contributed by atoms with Gasteiger partial charge in [-0.25, -0.2) is 14.3 Å². The number of urea groups is 1. The lowest BCUT2D eigenvalue weighted by molar-refractivity contribution is 0.243. The van der Waals surface area contributed by atoms with Gasteiger partial charge in [-0.1, -0.05) is 36.4 Å². The second kappa shape index (κ2) is 7.14. The van der Waals surface area contributed by atoms with Crippen LogP contribution in [0.1, 0.15) is 24.4 Å². The highest BCUT2D eigenvalue weighted by Crippen LogP contribution is 2.44. The number of nitrogens with two attached hydrogens (primary N) is 1. The number of anilines is 1. The van der Waals surface area contributed by atoms with Crippen LogP contribution < -0.4 is 16.4 Å². The highest BCUT2D eigenvalue weighted by atomic mass is 16.2. The van der Waals surface area contributed by atoms with Gasteiger partial charge < -0.3 is 16.4 Å². The van der Waals surface area contributed by atoms with Crippen LogP contribution in [0.5, 0.6) is 0 Å². The molecule has 0 spiro atoms. The third-order valence-corrected chi connectivity index (χ3v) is 5.30. The maximum absolute atomic E-state index is 11.5. The number of benzene rings is 1. The molecule has 0 bridgehead atoms. The van der Waals surface area contributed by atoms with Gasteiger partial charge in [-0.3, -0.25) is 4.98 Å². The Hall–Kier alpha value is -3.94. The Balaban J connectivity index is 1.61. The van der Waals surface area contributed by atoms with E-state index < -0.39 is 11.6 Å². The van der Waals surface area contributed by atoms with Crippen molar-refractivity contribution < 1.29 is 4.79 Å². The Morgan fingerprint density at radius 3 is 2.60 bits per heavy atom. The van der Waals surface area contributed by atoms with E-state index in [0.717, 1.165) is 35.2 Å². The number of primary amides is 1. The molecule has 3 heterocycles. The molecular weight excluding hydrogens is 378 g/mol. The monoisotopic (exact) mass is 399 g/mol. The summed E-state index contributed by atoms with van der Waals surface area (Å²) in [6.07, 6.45) is 5.19. The summed E-state index contributed by atoms with van der Waals surface area (Å²) in [7, 11) is 0. The first-order chi connectivity index (χ1) is 14.6. The first kappa shape index (κ1) is 18.1. The number of amides is 2. The first-order valence-corrected chi connectivity index (χ1v) is 9.81. The average Bonchev–Trinajstić information content (AvgIpc) is 3.41. The van der Waals surface area contributed by atoms with E-state index in [1.807, 2.05) is 53.2 Å². The van der Waals surface area contributed by atoms with E-state index in [2.05, 4.69) is 27.8 Å². The van der Waals surface area contributed by atoms with Gasteiger partial charge in [0.25, 0.3) is 0 Å². The number of fused-ring (bicyclic) bond motifs is 1. The molecule has 4 N–H and O–H groups in total. The maximum Gasteiger partial charge on any atom is 0.312 e. The summed E-state index contributed by atoms with van der Waals surface area (Å²) in [6.45, 7) is 0.516. The molecule has 0 atom stereocenters. The van der Waals surface area contributed by atoms with Crippen LogP contribution in [-0.2, 0) is 12.1 Å². The van der Waals surface area contributed by atoms with E-state index in [0.29, 0.717) is 18.2 Å². The van der Waals surface area contributed by atoms with Crippen molar-refractivity contribution >= 4 is 17.4 Å². The number of hydrogen-bond acceptors (Lipinski definition) is 5. The minimum Gasteiger partial charge on any atom is -0.363 e. The first-order valence-electron chi connectivity index (χ1n) is 9.81. The topological polar surface area (TPSA) is 110 Å². The van der Waals surface area contributed by atoms with E-state index in [-0.39, 0.29) is 0 Å². The molecule has 2 amide bonds. The highest BCUT2D eigenvalue weighted by Gasteiger charge is 2.49. The van der Waals surface area contributed by atoms with E-state index in [9.17, 15) is 4.79 Å². The number of carbonyl (C=O) groups is 1. The lowest BCUT2D eigenvalue weighted by atomic mass is 10.1. The molecule has 150 valence electrons. The predicted octanol–water partition coefficient (Wildman–Crippen LogP) is 3.06. The fourth-order valence-electron chi connectivity index (χ4n) is 3.64. The number of rotatable bonds is 6. The maximum atomic E-state index is 11.5. The summed E-state index contributed by atoms with van der Waals surface area (Å²) in [6, 6.07) is 17.4. The van der Waals surface area contributed by atoms with Crippen LogP contribution in [0.2, 0.25) is 0 Å². The Morgan fingerprint density at radius 2 is 1.90 bits per heavy atom. The third-order valence-electron chi connectivity index (χ3n) is 5.30. The average molecular weight is 399 g/mol. The summed E-state index contributed by atoms with van der Waals surface area (Å²) in [5, 5.41) is 10.9. The van der Waals surface area contributed by atoms with Crippen LogP contribution >= 0.6 is 0 Å². The second-order valence-corrected chi connectivity index (χ2v) is 7.42. The summed E-state index contributed by atoms with van der Waals surface area (Å²) in [5.41, 5.74) is 8.66. The molecule has 4 aromatic rings. The number of pyridine rings is 1. The molecule has 5 rings (SSSR count). The van der Waals surface area contributed by atoms with Crippen molar-refractivity contribution in [3.63, 3.8) is 0 Å². The quantitative estimate of drug-likeness (QED) is 0.462. The van der Waals surface area contributed by atoms with Crippen molar-refractivity contribution in [1.82, 2.24) is 24.9 Å². The zero-order valence-corrected chi connectivity index (χ0v) is 16.2. The summed E-state index contributed by atoms with van der Waals surface area (Å²) in [4.78, 5) is 20.7. The van der Waals surface area contributed by atoms with Crippen molar-refractivity contribution in [1.29, 1.82) is 0 Å². The Bertz CT molecular complexity index is 1200. The van der Waals surface area contributed by atoms with Gasteiger partial charge in [-0.05, 0) is 36.6 Å². The van der Waals surface area contributed by atoms with Crippen LogP contribution in [0, 0.1) is 0 Å². The molecule has 3 aromatic heterocycles. The molecule has 30 heavy (non-hydrogen) atoms. The van der Waals surface area contributed by atoms with Gasteiger partial charge in [0, 0.05) is 18.0 Å². The summed E-state index contributed by atoms with van der Waals surface area (Å²) in [5.74, 6) is 1.24. The van der Waals surface area contributed by atoms with E-state index in [1.54, 1.807) is 6.20 Å². The van der Waals surface area contributed by atoms with Crippen molar-refractivity contribution in [3.05, 3.63) is 78.5 Å². The molecular formula is C22H21N7O. The van der Waals surface area contributed by atoms with Crippen LogP contribution in [0.3, 0.4) is 0 Å². The summed E-state index contributed by atoms with van der Waals surface area (Å²) < 4.78 is 1.81. The number of carbonyl (C=O) groups excluding carboxylic acids is 1. The molecule has 8 heteroatoms. The van der Waals surface area contributed by atoms with E-state index in [4.69, 9.17) is 15.8 Å². The number of aromatic nitrogens is 4. The molecule has 0 radical (unpaired) electrons. The van der Waals surface area contributed by atoms with Crippen molar-refractivity contribution in [2.24, 2.45) is 5.73 Å². The largest absolute Gasteiger partial charge is 0.363 e. The van der Waals surface area contributed by atoms with Gasteiger partial charge in [0.1, 0.15) is 11.1 Å². The molecule has 8 nitrogen and oxygen atoms in total. The molecule has 0 saturated heterocycles. The Morgan fingerprint density at radius 1 is 1.10 bits per heavy atom. The number of nitrogens with one attached hydrogen (secondary N) is 2. The van der Waals surface area contributed by atoms with Crippen molar-refractivity contribution in [3.8, 4) is 11.1 Å². The molecule has 1 fully saturated rings. The second-order valence-electron chi connectivity index (χ2n) is 7.42. The fourth-order valence-corrected chi connectivity index (χ4v) is 3.64. The molecule has 1 aliphatic rings. The number of nitrogens with zero attached hydrogens (tertiary/aromatic N) is 4. The molecule has 1 aliphatic carbocycles. The van der Waals surface area contributed by atoms with Gasteiger partial charge in [0.2, 0.25) is 0 Å². The van der Waals surface area contributed by atoms with Crippen LogP contribution in [0.4, 0.5) is 10.6 Å². The molecule has 1 aromatic carbocycles. The number of hydrogen-bond donors (Lipinski definition) is 3. The van der Waals surface area contributed by atoms with Gasteiger partial charge in [-0.15, -0.1) is 0 Å². The van der Waals surface area contributed by atoms with Gasteiger partial charge in [-0.2, -0.15) is 5.10 Å². The van der Waals surface area contributed by atoms with Crippen molar-refractivity contribution in [2.45, 2.75) is 24.9 Å². The highest BCUT2D eigenvalue weighted by molar-refractivity contribution is 5.88. The lowest BCUT2D eigenvalue weighted by Gasteiger charge is -2.17. The van der Waals surface area contributed by atoms with Crippen LogP contribution in [0.15, 0.2) is 67.0 Å². The molecule has 1 saturated carbocycles. The normalized spacial score (nSPS) is 14.4. The predicted molar refractivity (Wildman–Crippen MR) is 114 cm³/mol. The lowest BCUT2D eigenvalue weighted by Crippen LogP contribution is -2.40. The molecule has 0 unspecified atom stereocenters. The molecule has 0 aliphatic heterocycles. The van der Waals surface area contributed by atoms with E-state index in [1.165, 1.54) is 0 Å². The minimum absolute atomic E-state index is 0.516. The SMILES string of the molecule is NC(=O)NC1(c2nc(NCc3ccccn3)c3c(-c4ccccc4)ccn3n2)CC1. The fraction of sp³-hybridized carbons (Fsp3) is 0.182. The summed E-state index contributed by atoms with van der Waals surface area (Å²) >= 11 is 0. The smallest absolute Gasteiger partial charge is 0.312 e.